The van der Waals surface area contributed by atoms with Gasteiger partial charge in [-0.15, -0.1) is 11.3 Å². The van der Waals surface area contributed by atoms with Gasteiger partial charge in [0.25, 0.3) is 0 Å². The molecular weight excluding hydrogens is 154 g/mol. The average molecular weight is 163 g/mol. The van der Waals surface area contributed by atoms with Crippen LogP contribution in [0.25, 0.3) is 10.1 Å². The lowest BCUT2D eigenvalue weighted by Crippen LogP contribution is -1.81. The van der Waals surface area contributed by atoms with E-state index in [0.717, 1.165) is 5.69 Å². The molecule has 0 saturated carbocycles. The van der Waals surface area contributed by atoms with Crippen LogP contribution in [0.4, 0.5) is 0 Å². The third-order valence-electron chi connectivity index (χ3n) is 1.87. The highest BCUT2D eigenvalue weighted by atomic mass is 32.1. The van der Waals surface area contributed by atoms with Crippen LogP contribution >= 0.6 is 11.3 Å². The minimum Gasteiger partial charge on any atom is -0.260 e. The number of aromatic nitrogens is 1. The summed E-state index contributed by atoms with van der Waals surface area (Å²) in [5.41, 5.74) is 2.41. The molecule has 0 atom stereocenters. The van der Waals surface area contributed by atoms with Crippen LogP contribution in [0.5, 0.6) is 0 Å². The molecule has 0 spiro atoms. The first-order chi connectivity index (χ1) is 5.29. The fourth-order valence-corrected chi connectivity index (χ4v) is 2.14. The van der Waals surface area contributed by atoms with Gasteiger partial charge in [0.05, 0.1) is 10.4 Å². The summed E-state index contributed by atoms with van der Waals surface area (Å²) >= 11 is 1.77. The average Bonchev–Trinajstić information content (AvgIpc) is 2.45. The van der Waals surface area contributed by atoms with Crippen molar-refractivity contribution in [1.29, 1.82) is 0 Å². The maximum atomic E-state index is 4.29. The summed E-state index contributed by atoms with van der Waals surface area (Å²) in [6.07, 6.45) is 1.93. The quantitative estimate of drug-likeness (QED) is 0.582. The molecule has 2 heteroatoms. The van der Waals surface area contributed by atoms with Gasteiger partial charge in [-0.05, 0) is 36.2 Å². The predicted molar refractivity (Wildman–Crippen MR) is 49.1 cm³/mol. The zero-order valence-electron chi connectivity index (χ0n) is 6.59. The number of fused-ring (bicyclic) bond motifs is 1. The van der Waals surface area contributed by atoms with E-state index < -0.39 is 0 Å². The Kier molecular flexibility index (Phi) is 1.43. The van der Waals surface area contributed by atoms with Crippen molar-refractivity contribution >= 4 is 21.4 Å². The molecule has 0 radical (unpaired) electrons. The molecule has 11 heavy (non-hydrogen) atoms. The van der Waals surface area contributed by atoms with E-state index in [2.05, 4.69) is 30.3 Å². The first-order valence-electron chi connectivity index (χ1n) is 3.58. The van der Waals surface area contributed by atoms with E-state index in [0.29, 0.717) is 0 Å². The molecule has 0 aromatic carbocycles. The van der Waals surface area contributed by atoms with Crippen molar-refractivity contribution in [2.75, 3.05) is 0 Å². The third kappa shape index (κ3) is 0.942. The second kappa shape index (κ2) is 2.31. The number of aryl methyl sites for hydroxylation is 2. The van der Waals surface area contributed by atoms with Gasteiger partial charge < -0.3 is 0 Å². The molecule has 0 bridgehead atoms. The van der Waals surface area contributed by atoms with Crippen LogP contribution in [0.2, 0.25) is 0 Å². The number of nitrogens with zero attached hydrogens (tertiary/aromatic N) is 1. The standard InChI is InChI=1S/C9H9NS/c1-6-5-10-7(2)9-8(6)3-4-11-9/h3-5H,1-2H3. The fourth-order valence-electron chi connectivity index (χ4n) is 1.22. The maximum Gasteiger partial charge on any atom is 0.0558 e. The van der Waals surface area contributed by atoms with E-state index >= 15 is 0 Å². The Balaban J connectivity index is 2.96. The molecule has 2 aromatic heterocycles. The molecule has 56 valence electrons. The van der Waals surface area contributed by atoms with Crippen LogP contribution in [-0.2, 0) is 0 Å². The molecule has 0 N–H and O–H groups in total. The Hall–Kier alpha value is -0.890. The van der Waals surface area contributed by atoms with Gasteiger partial charge in [0.2, 0.25) is 0 Å². The van der Waals surface area contributed by atoms with Crippen molar-refractivity contribution in [1.82, 2.24) is 4.98 Å². The van der Waals surface area contributed by atoms with E-state index in [1.807, 2.05) is 6.20 Å². The Morgan fingerprint density at radius 3 is 2.91 bits per heavy atom. The number of hydrogen-bond acceptors (Lipinski definition) is 2. The highest BCUT2D eigenvalue weighted by molar-refractivity contribution is 7.17. The second-order valence-corrected chi connectivity index (χ2v) is 3.61. The van der Waals surface area contributed by atoms with Crippen molar-refractivity contribution in [3.05, 3.63) is 28.9 Å². The summed E-state index contributed by atoms with van der Waals surface area (Å²) in [4.78, 5) is 4.29. The summed E-state index contributed by atoms with van der Waals surface area (Å²) in [7, 11) is 0. The zero-order valence-corrected chi connectivity index (χ0v) is 7.40. The number of thiophene rings is 1. The van der Waals surface area contributed by atoms with Crippen molar-refractivity contribution in [2.45, 2.75) is 13.8 Å². The molecule has 0 aliphatic heterocycles. The summed E-state index contributed by atoms with van der Waals surface area (Å²) in [5.74, 6) is 0. The molecule has 1 nitrogen and oxygen atoms in total. The molecule has 2 rings (SSSR count). The minimum absolute atomic E-state index is 1.14. The summed E-state index contributed by atoms with van der Waals surface area (Å²) in [6.45, 7) is 4.15. The highest BCUT2D eigenvalue weighted by Gasteiger charge is 2.00. The smallest absolute Gasteiger partial charge is 0.0558 e. The van der Waals surface area contributed by atoms with Crippen LogP contribution in [0.15, 0.2) is 17.6 Å². The van der Waals surface area contributed by atoms with E-state index in [1.165, 1.54) is 15.6 Å². The predicted octanol–water partition coefficient (Wildman–Crippen LogP) is 2.91. The van der Waals surface area contributed by atoms with E-state index in [-0.39, 0.29) is 0 Å². The largest absolute Gasteiger partial charge is 0.260 e. The number of rotatable bonds is 0. The van der Waals surface area contributed by atoms with Crippen LogP contribution in [0.3, 0.4) is 0 Å². The minimum atomic E-state index is 1.14. The Bertz CT molecular complexity index is 353. The summed E-state index contributed by atoms with van der Waals surface area (Å²) in [5, 5.41) is 3.47. The maximum absolute atomic E-state index is 4.29. The van der Waals surface area contributed by atoms with Crippen molar-refractivity contribution < 1.29 is 0 Å². The van der Waals surface area contributed by atoms with Crippen LogP contribution in [-0.4, -0.2) is 4.98 Å². The van der Waals surface area contributed by atoms with Gasteiger partial charge in [-0.25, -0.2) is 0 Å². The van der Waals surface area contributed by atoms with Gasteiger partial charge in [0.15, 0.2) is 0 Å². The Morgan fingerprint density at radius 1 is 1.36 bits per heavy atom. The van der Waals surface area contributed by atoms with E-state index in [9.17, 15) is 0 Å². The molecule has 0 aliphatic carbocycles. The van der Waals surface area contributed by atoms with Gasteiger partial charge >= 0.3 is 0 Å². The lowest BCUT2D eigenvalue weighted by molar-refractivity contribution is 1.22. The molecular formula is C9H9NS. The number of hydrogen-bond donors (Lipinski definition) is 0. The Morgan fingerprint density at radius 2 is 2.18 bits per heavy atom. The summed E-state index contributed by atoms with van der Waals surface area (Å²) < 4.78 is 1.32. The zero-order chi connectivity index (χ0) is 7.84. The lowest BCUT2D eigenvalue weighted by Gasteiger charge is -1.96. The van der Waals surface area contributed by atoms with E-state index in [1.54, 1.807) is 11.3 Å². The van der Waals surface area contributed by atoms with Gasteiger partial charge in [-0.3, -0.25) is 4.98 Å². The van der Waals surface area contributed by atoms with Crippen LogP contribution < -0.4 is 0 Å². The van der Waals surface area contributed by atoms with E-state index in [4.69, 9.17) is 0 Å². The molecule has 0 saturated heterocycles. The van der Waals surface area contributed by atoms with Crippen molar-refractivity contribution in [3.63, 3.8) is 0 Å². The highest BCUT2D eigenvalue weighted by Crippen LogP contribution is 2.25. The second-order valence-electron chi connectivity index (χ2n) is 2.69. The molecule has 0 unspecified atom stereocenters. The fraction of sp³-hybridized carbons (Fsp3) is 0.222. The normalized spacial score (nSPS) is 10.7. The molecule has 2 heterocycles. The topological polar surface area (TPSA) is 12.9 Å². The molecule has 2 aromatic rings. The third-order valence-corrected chi connectivity index (χ3v) is 2.89. The van der Waals surface area contributed by atoms with Gasteiger partial charge in [-0.2, -0.15) is 0 Å². The first kappa shape index (κ1) is 6.80. The van der Waals surface area contributed by atoms with Crippen molar-refractivity contribution in [3.8, 4) is 0 Å². The van der Waals surface area contributed by atoms with Crippen molar-refractivity contribution in [2.24, 2.45) is 0 Å². The lowest BCUT2D eigenvalue weighted by atomic mass is 10.2. The molecule has 0 aliphatic rings. The first-order valence-corrected chi connectivity index (χ1v) is 4.46. The van der Waals surface area contributed by atoms with Gasteiger partial charge in [0, 0.05) is 6.20 Å². The van der Waals surface area contributed by atoms with Gasteiger partial charge in [0.1, 0.15) is 0 Å². The molecule has 0 fully saturated rings. The van der Waals surface area contributed by atoms with Gasteiger partial charge in [-0.1, -0.05) is 0 Å². The SMILES string of the molecule is Cc1cnc(C)c2sccc12. The van der Waals surface area contributed by atoms with Crippen LogP contribution in [0.1, 0.15) is 11.3 Å². The summed E-state index contributed by atoms with van der Waals surface area (Å²) in [6, 6.07) is 2.16. The van der Waals surface area contributed by atoms with Crippen LogP contribution in [0, 0.1) is 13.8 Å². The molecule has 0 amide bonds. The Labute approximate surface area is 69.7 Å². The monoisotopic (exact) mass is 163 g/mol. The number of pyridine rings is 1.